The van der Waals surface area contributed by atoms with Crippen LogP contribution in [0.15, 0.2) is 30.3 Å². The molecule has 0 bridgehead atoms. The normalized spacial score (nSPS) is 15.1. The summed E-state index contributed by atoms with van der Waals surface area (Å²) in [7, 11) is 1.67. The summed E-state index contributed by atoms with van der Waals surface area (Å²) in [6, 6.07) is 10.1. The van der Waals surface area contributed by atoms with E-state index in [9.17, 15) is 0 Å². The first-order valence-corrected chi connectivity index (χ1v) is 7.02. The van der Waals surface area contributed by atoms with Gasteiger partial charge in [-0.3, -0.25) is 0 Å². The van der Waals surface area contributed by atoms with Crippen LogP contribution < -0.4 is 0 Å². The average Bonchev–Trinajstić information content (AvgIpc) is 2.39. The molecule has 0 spiro atoms. The number of ether oxygens (including phenoxy) is 3. The topological polar surface area (TPSA) is 27.7 Å². The summed E-state index contributed by atoms with van der Waals surface area (Å²) in [6.07, 6.45) is -0.187. The second kappa shape index (κ2) is 8.40. The summed E-state index contributed by atoms with van der Waals surface area (Å²) in [6.45, 7) is 12.0. The summed E-state index contributed by atoms with van der Waals surface area (Å²) in [5.41, 5.74) is 1.16. The third-order valence-electron chi connectivity index (χ3n) is 3.09. The highest BCUT2D eigenvalue weighted by Gasteiger charge is 2.24. The fourth-order valence-corrected chi connectivity index (χ4v) is 1.63. The number of rotatable bonds is 8. The highest BCUT2D eigenvalue weighted by atomic mass is 16.6. The average molecular weight is 279 g/mol. The second-order valence-corrected chi connectivity index (χ2v) is 6.07. The van der Waals surface area contributed by atoms with Gasteiger partial charge in [0.05, 0.1) is 25.9 Å². The minimum atomic E-state index is -0.0945. The van der Waals surface area contributed by atoms with Crippen molar-refractivity contribution >= 4 is 0 Å². The van der Waals surface area contributed by atoms with Crippen molar-refractivity contribution in [2.75, 3.05) is 20.3 Å². The van der Waals surface area contributed by atoms with Crippen molar-refractivity contribution in [1.29, 1.82) is 0 Å². The fourth-order valence-electron chi connectivity index (χ4n) is 1.63. The van der Waals surface area contributed by atoms with Crippen molar-refractivity contribution in [2.24, 2.45) is 5.41 Å². The van der Waals surface area contributed by atoms with Gasteiger partial charge in [-0.15, -0.1) is 0 Å². The number of methoxy groups -OCH3 is 1. The van der Waals surface area contributed by atoms with Crippen LogP contribution in [0, 0.1) is 12.3 Å². The second-order valence-electron chi connectivity index (χ2n) is 6.07. The van der Waals surface area contributed by atoms with Gasteiger partial charge in [-0.1, -0.05) is 51.1 Å². The van der Waals surface area contributed by atoms with E-state index in [1.165, 1.54) is 0 Å². The molecule has 0 saturated heterocycles. The van der Waals surface area contributed by atoms with Crippen LogP contribution in [-0.4, -0.2) is 32.5 Å². The van der Waals surface area contributed by atoms with Crippen molar-refractivity contribution < 1.29 is 14.2 Å². The molecule has 0 aliphatic heterocycles. The van der Waals surface area contributed by atoms with Crippen molar-refractivity contribution in [1.82, 2.24) is 0 Å². The van der Waals surface area contributed by atoms with E-state index in [0.29, 0.717) is 19.8 Å². The number of hydrogen-bond donors (Lipinski definition) is 0. The summed E-state index contributed by atoms with van der Waals surface area (Å²) in [5.74, 6) is 0. The van der Waals surface area contributed by atoms with Gasteiger partial charge in [0, 0.05) is 7.11 Å². The molecule has 0 aromatic heterocycles. The third kappa shape index (κ3) is 6.51. The van der Waals surface area contributed by atoms with E-state index < -0.39 is 0 Å². The van der Waals surface area contributed by atoms with Crippen molar-refractivity contribution in [3.05, 3.63) is 42.8 Å². The van der Waals surface area contributed by atoms with Crippen LogP contribution in [0.25, 0.3) is 0 Å². The van der Waals surface area contributed by atoms with Crippen LogP contribution in [0.1, 0.15) is 26.3 Å². The number of hydrogen-bond acceptors (Lipinski definition) is 3. The molecule has 1 aromatic carbocycles. The molecule has 1 radical (unpaired) electrons. The van der Waals surface area contributed by atoms with Gasteiger partial charge >= 0.3 is 0 Å². The van der Waals surface area contributed by atoms with Gasteiger partial charge in [0.1, 0.15) is 6.10 Å². The van der Waals surface area contributed by atoms with Gasteiger partial charge in [0.15, 0.2) is 0 Å². The Hall–Kier alpha value is -0.900. The van der Waals surface area contributed by atoms with Crippen molar-refractivity contribution in [3.63, 3.8) is 0 Å². The van der Waals surface area contributed by atoms with Gasteiger partial charge < -0.3 is 14.2 Å². The molecule has 20 heavy (non-hydrogen) atoms. The van der Waals surface area contributed by atoms with Gasteiger partial charge in [-0.2, -0.15) is 0 Å². The minimum Gasteiger partial charge on any atom is -0.382 e. The molecule has 0 saturated carbocycles. The highest BCUT2D eigenvalue weighted by Crippen LogP contribution is 2.22. The molecular weight excluding hydrogens is 252 g/mol. The lowest BCUT2D eigenvalue weighted by molar-refractivity contribution is -0.102. The summed E-state index contributed by atoms with van der Waals surface area (Å²) >= 11 is 0. The first-order chi connectivity index (χ1) is 9.43. The van der Waals surface area contributed by atoms with Gasteiger partial charge in [-0.05, 0) is 17.9 Å². The third-order valence-corrected chi connectivity index (χ3v) is 3.09. The smallest absolute Gasteiger partial charge is 0.104 e. The molecule has 0 aliphatic carbocycles. The molecule has 113 valence electrons. The van der Waals surface area contributed by atoms with E-state index >= 15 is 0 Å². The molecule has 3 nitrogen and oxygen atoms in total. The van der Waals surface area contributed by atoms with Crippen LogP contribution in [0.5, 0.6) is 0 Å². The van der Waals surface area contributed by atoms with Gasteiger partial charge in [-0.25, -0.2) is 0 Å². The maximum Gasteiger partial charge on any atom is 0.104 e. The monoisotopic (exact) mass is 279 g/mol. The van der Waals surface area contributed by atoms with E-state index in [4.69, 9.17) is 14.2 Å². The summed E-state index contributed by atoms with van der Waals surface area (Å²) < 4.78 is 16.8. The number of benzene rings is 1. The summed E-state index contributed by atoms with van der Waals surface area (Å²) in [5, 5.41) is 0. The van der Waals surface area contributed by atoms with Gasteiger partial charge in [0.2, 0.25) is 0 Å². The van der Waals surface area contributed by atoms with E-state index in [-0.39, 0.29) is 17.6 Å². The molecule has 3 heteroatoms. The molecule has 0 fully saturated rings. The highest BCUT2D eigenvalue weighted by molar-refractivity contribution is 5.13. The lowest BCUT2D eigenvalue weighted by atomic mass is 9.90. The van der Waals surface area contributed by atoms with E-state index in [0.717, 1.165) is 5.56 Å². The predicted molar refractivity (Wildman–Crippen MR) is 81.4 cm³/mol. The SMILES string of the molecule is [CH2]C(OC(COC)COCc1ccccc1)C(C)(C)C. The Morgan fingerprint density at radius 1 is 1.10 bits per heavy atom. The fraction of sp³-hybridized carbons (Fsp3) is 0.588. The molecule has 1 rings (SSSR count). The standard InChI is InChI=1S/C17H27O3/c1-14(17(2,3)4)20-16(12-18-5)13-19-11-15-9-7-6-8-10-15/h6-10,14,16H,1,11-13H2,2-5H3. The van der Waals surface area contributed by atoms with Crippen molar-refractivity contribution in [2.45, 2.75) is 39.6 Å². The Kier molecular flexibility index (Phi) is 7.20. The maximum atomic E-state index is 5.93. The maximum absolute atomic E-state index is 5.93. The molecule has 0 heterocycles. The predicted octanol–water partition coefficient (Wildman–Crippen LogP) is 3.48. The molecule has 2 atom stereocenters. The van der Waals surface area contributed by atoms with E-state index in [2.05, 4.69) is 27.7 Å². The zero-order valence-electron chi connectivity index (χ0n) is 13.1. The molecule has 0 amide bonds. The zero-order valence-corrected chi connectivity index (χ0v) is 13.1. The van der Waals surface area contributed by atoms with Crippen molar-refractivity contribution in [3.8, 4) is 0 Å². The molecule has 0 aliphatic rings. The Morgan fingerprint density at radius 2 is 1.75 bits per heavy atom. The Balaban J connectivity index is 2.39. The molecule has 0 N–H and O–H groups in total. The van der Waals surface area contributed by atoms with Crippen LogP contribution in [-0.2, 0) is 20.8 Å². The largest absolute Gasteiger partial charge is 0.382 e. The first kappa shape index (κ1) is 17.2. The molecule has 2 unspecified atom stereocenters. The van der Waals surface area contributed by atoms with Crippen LogP contribution in [0.3, 0.4) is 0 Å². The molecular formula is C17H27O3. The Bertz CT molecular complexity index is 356. The van der Waals surface area contributed by atoms with Gasteiger partial charge in [0.25, 0.3) is 0 Å². The lowest BCUT2D eigenvalue weighted by Crippen LogP contribution is -2.35. The quantitative estimate of drug-likeness (QED) is 0.729. The lowest BCUT2D eigenvalue weighted by Gasteiger charge is -2.31. The molecule has 1 aromatic rings. The Labute approximate surface area is 123 Å². The van der Waals surface area contributed by atoms with E-state index in [1.54, 1.807) is 7.11 Å². The first-order valence-electron chi connectivity index (χ1n) is 7.02. The van der Waals surface area contributed by atoms with E-state index in [1.807, 2.05) is 30.3 Å². The van der Waals surface area contributed by atoms with Crippen LogP contribution in [0.4, 0.5) is 0 Å². The van der Waals surface area contributed by atoms with Crippen LogP contribution >= 0.6 is 0 Å². The zero-order chi connectivity index (χ0) is 15.0. The summed E-state index contributed by atoms with van der Waals surface area (Å²) in [4.78, 5) is 0. The van der Waals surface area contributed by atoms with Crippen LogP contribution in [0.2, 0.25) is 0 Å². The Morgan fingerprint density at radius 3 is 2.30 bits per heavy atom. The minimum absolute atomic E-state index is 0.00538.